The van der Waals surface area contributed by atoms with E-state index >= 15 is 0 Å². The Morgan fingerprint density at radius 1 is 1.21 bits per heavy atom. The van der Waals surface area contributed by atoms with Gasteiger partial charge in [0.2, 0.25) is 0 Å². The quantitative estimate of drug-likeness (QED) is 0.364. The summed E-state index contributed by atoms with van der Waals surface area (Å²) in [4.78, 5) is 44.0. The highest BCUT2D eigenvalue weighted by Gasteiger charge is 2.29. The first-order valence-corrected chi connectivity index (χ1v) is 12.2. The van der Waals surface area contributed by atoms with E-state index in [-0.39, 0.29) is 33.7 Å². The molecular formula is C23H22N4O5S2. The molecule has 0 radical (unpaired) electrons. The van der Waals surface area contributed by atoms with Gasteiger partial charge in [0.25, 0.3) is 5.91 Å². The fourth-order valence-electron chi connectivity index (χ4n) is 3.34. The Balaban J connectivity index is 1.72. The maximum atomic E-state index is 13.2. The first-order valence-electron chi connectivity index (χ1n) is 10.5. The van der Waals surface area contributed by atoms with Crippen molar-refractivity contribution in [3.63, 3.8) is 0 Å². The van der Waals surface area contributed by atoms with Gasteiger partial charge in [-0.25, -0.2) is 19.1 Å². The highest BCUT2D eigenvalue weighted by atomic mass is 32.1. The van der Waals surface area contributed by atoms with E-state index in [1.165, 1.54) is 6.20 Å². The summed E-state index contributed by atoms with van der Waals surface area (Å²) in [6.07, 6.45) is 2.66. The number of rotatable bonds is 7. The number of thiophene rings is 2. The van der Waals surface area contributed by atoms with Gasteiger partial charge in [-0.3, -0.25) is 4.79 Å². The molecule has 176 valence electrons. The number of hydrogen-bond acceptors (Lipinski definition) is 9. The van der Waals surface area contributed by atoms with E-state index in [9.17, 15) is 14.4 Å². The van der Waals surface area contributed by atoms with Gasteiger partial charge >= 0.3 is 11.9 Å². The summed E-state index contributed by atoms with van der Waals surface area (Å²) in [6.45, 7) is 6.95. The van der Waals surface area contributed by atoms with Crippen LogP contribution in [-0.4, -0.2) is 45.2 Å². The molecule has 9 nitrogen and oxygen atoms in total. The summed E-state index contributed by atoms with van der Waals surface area (Å²) < 4.78 is 12.0. The minimum Gasteiger partial charge on any atom is -0.462 e. The molecule has 34 heavy (non-hydrogen) atoms. The molecule has 0 aliphatic rings. The number of amides is 1. The second-order valence-corrected chi connectivity index (χ2v) is 9.46. The molecule has 4 heterocycles. The standard InChI is InChI=1S/C23H22N4O5S2/c1-5-31-23(30)18-13(4)17(22(29)32-12(2)3)21(34-18)26-20(28)14-11-25-27-15(8-9-24-19(14)27)16-7-6-10-33-16/h6-12H,5H2,1-4H3,(H,26,28). The topological polar surface area (TPSA) is 112 Å². The average Bonchev–Trinajstić information content (AvgIpc) is 3.52. The minimum atomic E-state index is -0.632. The van der Waals surface area contributed by atoms with Crippen molar-refractivity contribution >= 4 is 51.2 Å². The molecule has 1 N–H and O–H groups in total. The van der Waals surface area contributed by atoms with E-state index < -0.39 is 17.8 Å². The molecule has 4 aromatic heterocycles. The molecule has 0 spiro atoms. The number of carbonyl (C=O) groups is 3. The third kappa shape index (κ3) is 4.44. The lowest BCUT2D eigenvalue weighted by Gasteiger charge is -2.10. The molecular weight excluding hydrogens is 476 g/mol. The summed E-state index contributed by atoms with van der Waals surface area (Å²) in [7, 11) is 0. The lowest BCUT2D eigenvalue weighted by molar-refractivity contribution is 0.0379. The van der Waals surface area contributed by atoms with Crippen LogP contribution in [0.3, 0.4) is 0 Å². The van der Waals surface area contributed by atoms with Gasteiger partial charge in [0.05, 0.1) is 35.0 Å². The van der Waals surface area contributed by atoms with Crippen LogP contribution in [0.2, 0.25) is 0 Å². The molecule has 0 aromatic carbocycles. The first-order chi connectivity index (χ1) is 16.3. The summed E-state index contributed by atoms with van der Waals surface area (Å²) in [5.41, 5.74) is 1.91. The fourth-order valence-corrected chi connectivity index (χ4v) is 5.16. The fraction of sp³-hybridized carbons (Fsp3) is 0.261. The van der Waals surface area contributed by atoms with Crippen molar-refractivity contribution in [1.29, 1.82) is 0 Å². The summed E-state index contributed by atoms with van der Waals surface area (Å²) >= 11 is 2.52. The van der Waals surface area contributed by atoms with Gasteiger partial charge < -0.3 is 14.8 Å². The van der Waals surface area contributed by atoms with Crippen LogP contribution in [0.4, 0.5) is 5.00 Å². The lowest BCUT2D eigenvalue weighted by Crippen LogP contribution is -2.17. The molecule has 0 aliphatic carbocycles. The van der Waals surface area contributed by atoms with Crippen LogP contribution in [0.15, 0.2) is 36.0 Å². The summed E-state index contributed by atoms with van der Waals surface area (Å²) in [5, 5.41) is 9.25. The monoisotopic (exact) mass is 498 g/mol. The number of nitrogens with zero attached hydrogens (tertiary/aromatic N) is 3. The van der Waals surface area contributed by atoms with Gasteiger partial charge in [0.15, 0.2) is 5.65 Å². The van der Waals surface area contributed by atoms with Crippen LogP contribution in [-0.2, 0) is 9.47 Å². The first kappa shape index (κ1) is 23.6. The number of aromatic nitrogens is 3. The molecule has 0 unspecified atom stereocenters. The Morgan fingerprint density at radius 2 is 2.00 bits per heavy atom. The van der Waals surface area contributed by atoms with Crippen molar-refractivity contribution < 1.29 is 23.9 Å². The maximum absolute atomic E-state index is 13.2. The second kappa shape index (κ2) is 9.74. The zero-order chi connectivity index (χ0) is 24.4. The van der Waals surface area contributed by atoms with E-state index in [0.717, 1.165) is 21.9 Å². The largest absolute Gasteiger partial charge is 0.462 e. The predicted molar refractivity (Wildman–Crippen MR) is 130 cm³/mol. The summed E-state index contributed by atoms with van der Waals surface area (Å²) in [5.74, 6) is -1.71. The van der Waals surface area contributed by atoms with Crippen molar-refractivity contribution in [2.24, 2.45) is 0 Å². The normalized spacial score (nSPS) is 11.1. The van der Waals surface area contributed by atoms with Gasteiger partial charge in [-0.15, -0.1) is 22.7 Å². The molecule has 4 rings (SSSR count). The molecule has 11 heteroatoms. The minimum absolute atomic E-state index is 0.124. The third-order valence-electron chi connectivity index (χ3n) is 4.80. The molecule has 0 atom stereocenters. The van der Waals surface area contributed by atoms with Crippen LogP contribution < -0.4 is 5.32 Å². The Labute approximate surface area is 203 Å². The summed E-state index contributed by atoms with van der Waals surface area (Å²) in [6, 6.07) is 5.71. The van der Waals surface area contributed by atoms with Crippen LogP contribution in [0.1, 0.15) is 56.7 Å². The SMILES string of the molecule is CCOC(=O)c1sc(NC(=O)c2cnn3c(-c4cccs4)ccnc23)c(C(=O)OC(C)C)c1C. The van der Waals surface area contributed by atoms with Gasteiger partial charge in [0, 0.05) is 6.20 Å². The van der Waals surface area contributed by atoms with E-state index in [0.29, 0.717) is 11.2 Å². The van der Waals surface area contributed by atoms with Crippen molar-refractivity contribution in [3.8, 4) is 10.6 Å². The lowest BCUT2D eigenvalue weighted by atomic mass is 10.1. The molecule has 4 aromatic rings. The van der Waals surface area contributed by atoms with Gasteiger partial charge in [-0.1, -0.05) is 6.07 Å². The van der Waals surface area contributed by atoms with Crippen molar-refractivity contribution in [3.05, 3.63) is 57.5 Å². The highest BCUT2D eigenvalue weighted by Crippen LogP contribution is 2.35. The molecule has 0 saturated heterocycles. The zero-order valence-corrected chi connectivity index (χ0v) is 20.6. The van der Waals surface area contributed by atoms with Crippen molar-refractivity contribution in [2.75, 3.05) is 11.9 Å². The number of nitrogens with one attached hydrogen (secondary N) is 1. The van der Waals surface area contributed by atoms with E-state index in [1.54, 1.807) is 49.7 Å². The predicted octanol–water partition coefficient (Wildman–Crippen LogP) is 4.82. The molecule has 0 bridgehead atoms. The van der Waals surface area contributed by atoms with Crippen LogP contribution >= 0.6 is 22.7 Å². The number of fused-ring (bicyclic) bond motifs is 1. The number of carbonyl (C=O) groups excluding carboxylic acids is 3. The van der Waals surface area contributed by atoms with E-state index in [4.69, 9.17) is 9.47 Å². The van der Waals surface area contributed by atoms with Gasteiger partial charge in [0.1, 0.15) is 15.4 Å². The van der Waals surface area contributed by atoms with Crippen LogP contribution in [0.25, 0.3) is 16.2 Å². The molecule has 0 saturated carbocycles. The maximum Gasteiger partial charge on any atom is 0.348 e. The third-order valence-corrected chi connectivity index (χ3v) is 6.88. The molecule has 1 amide bonds. The molecule has 0 fully saturated rings. The van der Waals surface area contributed by atoms with Gasteiger partial charge in [-0.2, -0.15) is 5.10 Å². The smallest absolute Gasteiger partial charge is 0.348 e. The molecule has 0 aliphatic heterocycles. The van der Waals surface area contributed by atoms with Crippen LogP contribution in [0, 0.1) is 6.92 Å². The Kier molecular flexibility index (Phi) is 6.75. The number of hydrogen-bond donors (Lipinski definition) is 1. The number of ether oxygens (including phenoxy) is 2. The Bertz CT molecular complexity index is 1370. The van der Waals surface area contributed by atoms with Crippen LogP contribution in [0.5, 0.6) is 0 Å². The average molecular weight is 499 g/mol. The van der Waals surface area contributed by atoms with Crippen molar-refractivity contribution in [1.82, 2.24) is 14.6 Å². The Hall–Kier alpha value is -3.57. The van der Waals surface area contributed by atoms with E-state index in [2.05, 4.69) is 15.4 Å². The number of esters is 2. The van der Waals surface area contributed by atoms with Crippen molar-refractivity contribution in [2.45, 2.75) is 33.8 Å². The second-order valence-electron chi connectivity index (χ2n) is 7.49. The highest BCUT2D eigenvalue weighted by molar-refractivity contribution is 7.18. The van der Waals surface area contributed by atoms with Gasteiger partial charge in [-0.05, 0) is 50.8 Å². The number of anilines is 1. The van der Waals surface area contributed by atoms with E-state index in [1.807, 2.05) is 23.6 Å². The Morgan fingerprint density at radius 3 is 2.68 bits per heavy atom. The zero-order valence-electron chi connectivity index (χ0n) is 18.9.